The highest BCUT2D eigenvalue weighted by Gasteiger charge is 2.16. The van der Waals surface area contributed by atoms with E-state index in [9.17, 15) is 4.79 Å². The van der Waals surface area contributed by atoms with Crippen LogP contribution in [-0.4, -0.2) is 18.5 Å². The molecule has 1 fully saturated rings. The average molecular weight is 259 g/mol. The van der Waals surface area contributed by atoms with E-state index in [2.05, 4.69) is 0 Å². The lowest BCUT2D eigenvalue weighted by Gasteiger charge is -2.07. The number of halogens is 1. The summed E-state index contributed by atoms with van der Waals surface area (Å²) in [6.07, 6.45) is 5.17. The van der Waals surface area contributed by atoms with Crippen LogP contribution in [0.15, 0.2) is 11.4 Å². The van der Waals surface area contributed by atoms with Gasteiger partial charge in [0.25, 0.3) is 0 Å². The van der Waals surface area contributed by atoms with Gasteiger partial charge in [0, 0.05) is 13.0 Å². The largest absolute Gasteiger partial charge is 0.378 e. The summed E-state index contributed by atoms with van der Waals surface area (Å²) in [5.74, 6) is 0.165. The number of carbonyl (C=O) groups excluding carboxylic acids is 1. The summed E-state index contributed by atoms with van der Waals surface area (Å²) in [4.78, 5) is 12.5. The van der Waals surface area contributed by atoms with Crippen molar-refractivity contribution in [2.45, 2.75) is 38.2 Å². The van der Waals surface area contributed by atoms with Gasteiger partial charge in [-0.05, 0) is 37.1 Å². The Morgan fingerprint density at radius 2 is 2.50 bits per heavy atom. The molecule has 1 unspecified atom stereocenters. The molecule has 0 bridgehead atoms. The Morgan fingerprint density at radius 1 is 1.62 bits per heavy atom. The van der Waals surface area contributed by atoms with Gasteiger partial charge >= 0.3 is 0 Å². The topological polar surface area (TPSA) is 26.3 Å². The van der Waals surface area contributed by atoms with E-state index in [-0.39, 0.29) is 5.78 Å². The van der Waals surface area contributed by atoms with Crippen molar-refractivity contribution < 1.29 is 9.53 Å². The molecule has 16 heavy (non-hydrogen) atoms. The molecular weight excluding hydrogens is 244 g/mol. The number of Topliss-reactive ketones (excluding diaryl/α,β-unsaturated/α-hetero) is 1. The fourth-order valence-electron chi connectivity index (χ4n) is 1.97. The van der Waals surface area contributed by atoms with Crippen LogP contribution in [0.2, 0.25) is 5.02 Å². The molecule has 2 nitrogen and oxygen atoms in total. The highest BCUT2D eigenvalue weighted by molar-refractivity contribution is 7.12. The first-order valence-electron chi connectivity index (χ1n) is 5.65. The van der Waals surface area contributed by atoms with Crippen molar-refractivity contribution >= 4 is 28.7 Å². The smallest absolute Gasteiger partial charge is 0.174 e. The lowest BCUT2D eigenvalue weighted by atomic mass is 10.1. The zero-order valence-corrected chi connectivity index (χ0v) is 10.6. The lowest BCUT2D eigenvalue weighted by Crippen LogP contribution is -2.06. The molecule has 0 spiro atoms. The van der Waals surface area contributed by atoms with Crippen LogP contribution in [0.1, 0.15) is 41.8 Å². The minimum atomic E-state index is 0.165. The third-order valence-electron chi connectivity index (χ3n) is 2.82. The van der Waals surface area contributed by atoms with Crippen LogP contribution in [-0.2, 0) is 4.74 Å². The molecule has 1 aromatic rings. The van der Waals surface area contributed by atoms with Crippen molar-refractivity contribution in [3.63, 3.8) is 0 Å². The Kier molecular flexibility index (Phi) is 4.38. The number of hydrogen-bond donors (Lipinski definition) is 0. The maximum atomic E-state index is 11.8. The summed E-state index contributed by atoms with van der Waals surface area (Å²) in [5.41, 5.74) is 0. The molecular formula is C12H15ClO2S. The van der Waals surface area contributed by atoms with E-state index in [0.29, 0.717) is 22.4 Å². The van der Waals surface area contributed by atoms with Crippen LogP contribution in [0.5, 0.6) is 0 Å². The van der Waals surface area contributed by atoms with Crippen LogP contribution >= 0.6 is 22.9 Å². The molecule has 88 valence electrons. The first-order chi connectivity index (χ1) is 7.77. The molecule has 4 heteroatoms. The molecule has 1 saturated heterocycles. The summed E-state index contributed by atoms with van der Waals surface area (Å²) >= 11 is 7.33. The summed E-state index contributed by atoms with van der Waals surface area (Å²) in [7, 11) is 0. The first kappa shape index (κ1) is 12.1. The van der Waals surface area contributed by atoms with E-state index in [0.717, 1.165) is 32.3 Å². The molecule has 0 aliphatic carbocycles. The van der Waals surface area contributed by atoms with Crippen LogP contribution in [0.25, 0.3) is 0 Å². The number of hydrogen-bond acceptors (Lipinski definition) is 3. The SMILES string of the molecule is O=C(CCCC1CCCO1)c1sccc1Cl. The normalized spacial score (nSPS) is 20.2. The van der Waals surface area contributed by atoms with Crippen molar-refractivity contribution in [2.75, 3.05) is 6.61 Å². The quantitative estimate of drug-likeness (QED) is 0.748. The average Bonchev–Trinajstić information content (AvgIpc) is 2.88. The summed E-state index contributed by atoms with van der Waals surface area (Å²) < 4.78 is 5.51. The maximum Gasteiger partial charge on any atom is 0.174 e. The molecule has 0 radical (unpaired) electrons. The summed E-state index contributed by atoms with van der Waals surface area (Å²) in [5, 5.41) is 2.45. The molecule has 0 N–H and O–H groups in total. The molecule has 1 aromatic heterocycles. The molecule has 1 atom stereocenters. The van der Waals surface area contributed by atoms with Gasteiger partial charge in [0.05, 0.1) is 16.0 Å². The van der Waals surface area contributed by atoms with Gasteiger partial charge in [-0.25, -0.2) is 0 Å². The highest BCUT2D eigenvalue weighted by Crippen LogP contribution is 2.25. The molecule has 1 aliphatic heterocycles. The van der Waals surface area contributed by atoms with Crippen LogP contribution < -0.4 is 0 Å². The predicted octanol–water partition coefficient (Wildman–Crippen LogP) is 3.93. The van der Waals surface area contributed by atoms with Crippen molar-refractivity contribution in [3.05, 3.63) is 21.3 Å². The molecule has 2 heterocycles. The van der Waals surface area contributed by atoms with Gasteiger partial charge in [-0.15, -0.1) is 11.3 Å². The third kappa shape index (κ3) is 3.06. The summed E-state index contributed by atoms with van der Waals surface area (Å²) in [6, 6.07) is 1.78. The fourth-order valence-corrected chi connectivity index (χ4v) is 3.10. The van der Waals surface area contributed by atoms with Crippen LogP contribution in [0, 0.1) is 0 Å². The Morgan fingerprint density at radius 3 is 3.12 bits per heavy atom. The number of ketones is 1. The van der Waals surface area contributed by atoms with Crippen molar-refractivity contribution in [3.8, 4) is 0 Å². The summed E-state index contributed by atoms with van der Waals surface area (Å²) in [6.45, 7) is 0.884. The Bertz CT molecular complexity index is 356. The Balaban J connectivity index is 1.73. The van der Waals surface area contributed by atoms with Gasteiger partial charge in [0.1, 0.15) is 0 Å². The van der Waals surface area contributed by atoms with E-state index in [1.165, 1.54) is 11.3 Å². The second-order valence-electron chi connectivity index (χ2n) is 4.05. The van der Waals surface area contributed by atoms with E-state index in [1.807, 2.05) is 5.38 Å². The number of carbonyl (C=O) groups is 1. The highest BCUT2D eigenvalue weighted by atomic mass is 35.5. The Hall–Kier alpha value is -0.380. The van der Waals surface area contributed by atoms with Crippen molar-refractivity contribution in [1.82, 2.24) is 0 Å². The number of rotatable bonds is 5. The molecule has 0 aromatic carbocycles. The minimum Gasteiger partial charge on any atom is -0.378 e. The van der Waals surface area contributed by atoms with Gasteiger partial charge in [-0.1, -0.05) is 11.6 Å². The first-order valence-corrected chi connectivity index (χ1v) is 6.91. The van der Waals surface area contributed by atoms with Crippen LogP contribution in [0.3, 0.4) is 0 Å². The van der Waals surface area contributed by atoms with E-state index in [1.54, 1.807) is 6.07 Å². The van der Waals surface area contributed by atoms with Crippen molar-refractivity contribution in [1.29, 1.82) is 0 Å². The van der Waals surface area contributed by atoms with Gasteiger partial charge in [0.15, 0.2) is 5.78 Å². The Labute approximate surface area is 105 Å². The third-order valence-corrected chi connectivity index (χ3v) is 4.21. The van der Waals surface area contributed by atoms with E-state index >= 15 is 0 Å². The zero-order valence-electron chi connectivity index (χ0n) is 9.08. The number of thiophene rings is 1. The van der Waals surface area contributed by atoms with Gasteiger partial charge in [-0.2, -0.15) is 0 Å². The van der Waals surface area contributed by atoms with E-state index < -0.39 is 0 Å². The second-order valence-corrected chi connectivity index (χ2v) is 5.37. The van der Waals surface area contributed by atoms with Gasteiger partial charge < -0.3 is 4.74 Å². The molecule has 2 rings (SSSR count). The fraction of sp³-hybridized carbons (Fsp3) is 0.583. The number of ether oxygens (including phenoxy) is 1. The van der Waals surface area contributed by atoms with Crippen molar-refractivity contribution in [2.24, 2.45) is 0 Å². The van der Waals surface area contributed by atoms with Gasteiger partial charge in [-0.3, -0.25) is 4.79 Å². The molecule has 1 aliphatic rings. The van der Waals surface area contributed by atoms with Gasteiger partial charge in [0.2, 0.25) is 0 Å². The second kappa shape index (κ2) is 5.80. The predicted molar refractivity (Wildman–Crippen MR) is 66.5 cm³/mol. The van der Waals surface area contributed by atoms with E-state index in [4.69, 9.17) is 16.3 Å². The molecule has 0 saturated carbocycles. The zero-order chi connectivity index (χ0) is 11.4. The molecule has 0 amide bonds. The van der Waals surface area contributed by atoms with Crippen LogP contribution in [0.4, 0.5) is 0 Å². The standard InChI is InChI=1S/C12H15ClO2S/c13-10-6-8-16-12(10)11(14)5-1-3-9-4-2-7-15-9/h6,8-9H,1-5,7H2. The monoisotopic (exact) mass is 258 g/mol. The maximum absolute atomic E-state index is 11.8. The lowest BCUT2D eigenvalue weighted by molar-refractivity contribution is 0.0925. The minimum absolute atomic E-state index is 0.165.